The first-order valence-electron chi connectivity index (χ1n) is 7.60. The highest BCUT2D eigenvalue weighted by molar-refractivity contribution is 7.16. The second-order valence-corrected chi connectivity index (χ2v) is 6.46. The molecule has 0 radical (unpaired) electrons. The van der Waals surface area contributed by atoms with Crippen LogP contribution in [0.4, 0.5) is 0 Å². The van der Waals surface area contributed by atoms with Gasteiger partial charge in [-0.05, 0) is 30.2 Å². The molecule has 0 aliphatic heterocycles. The Morgan fingerprint density at radius 2 is 2.04 bits per heavy atom. The predicted octanol–water partition coefficient (Wildman–Crippen LogP) is 4.06. The van der Waals surface area contributed by atoms with Crippen molar-refractivity contribution >= 4 is 17.2 Å². The Hall–Kier alpha value is -2.66. The quantitative estimate of drug-likeness (QED) is 0.763. The predicted molar refractivity (Wildman–Crippen MR) is 96.5 cm³/mol. The lowest BCUT2D eigenvalue weighted by Gasteiger charge is -2.05. The summed E-state index contributed by atoms with van der Waals surface area (Å²) in [7, 11) is 1.63. The number of benzene rings is 2. The number of thiazole rings is 1. The third-order valence-electron chi connectivity index (χ3n) is 3.59. The molecule has 4 nitrogen and oxygen atoms in total. The van der Waals surface area contributed by atoms with E-state index >= 15 is 0 Å². The molecule has 1 aromatic heterocycles. The van der Waals surface area contributed by atoms with Crippen molar-refractivity contribution in [2.75, 3.05) is 7.11 Å². The molecule has 3 rings (SSSR count). The van der Waals surface area contributed by atoms with E-state index in [1.54, 1.807) is 13.3 Å². The van der Waals surface area contributed by atoms with Crippen molar-refractivity contribution in [2.45, 2.75) is 13.5 Å². The molecule has 0 unspecified atom stereocenters. The highest BCUT2D eigenvalue weighted by atomic mass is 32.1. The van der Waals surface area contributed by atoms with Crippen LogP contribution in [0.15, 0.2) is 54.7 Å². The summed E-state index contributed by atoms with van der Waals surface area (Å²) in [5.41, 5.74) is 3.25. The minimum atomic E-state index is -0.165. The van der Waals surface area contributed by atoms with E-state index in [9.17, 15) is 4.79 Å². The highest BCUT2D eigenvalue weighted by Crippen LogP contribution is 2.26. The van der Waals surface area contributed by atoms with Crippen molar-refractivity contribution < 1.29 is 9.53 Å². The zero-order chi connectivity index (χ0) is 16.9. The smallest absolute Gasteiger partial charge is 0.280 e. The van der Waals surface area contributed by atoms with Gasteiger partial charge in [0.05, 0.1) is 12.0 Å². The molecule has 122 valence electrons. The second kappa shape index (κ2) is 7.27. The topological polar surface area (TPSA) is 51.2 Å². The Bertz CT molecular complexity index is 858. The molecular weight excluding hydrogens is 320 g/mol. The molecule has 0 fully saturated rings. The summed E-state index contributed by atoms with van der Waals surface area (Å²) < 4.78 is 5.19. The first kappa shape index (κ1) is 16.2. The molecule has 1 heterocycles. The summed E-state index contributed by atoms with van der Waals surface area (Å²) in [5, 5.41) is 3.36. The minimum absolute atomic E-state index is 0.165. The monoisotopic (exact) mass is 338 g/mol. The summed E-state index contributed by atoms with van der Waals surface area (Å²) in [6, 6.07) is 15.8. The van der Waals surface area contributed by atoms with Crippen LogP contribution in [-0.2, 0) is 6.54 Å². The normalized spacial score (nSPS) is 10.4. The molecule has 0 atom stereocenters. The van der Waals surface area contributed by atoms with E-state index in [0.717, 1.165) is 21.8 Å². The third kappa shape index (κ3) is 3.81. The number of hydrogen-bond donors (Lipinski definition) is 1. The van der Waals surface area contributed by atoms with E-state index in [-0.39, 0.29) is 5.91 Å². The van der Waals surface area contributed by atoms with E-state index in [2.05, 4.69) is 16.4 Å². The van der Waals surface area contributed by atoms with Gasteiger partial charge in [0.15, 0.2) is 5.01 Å². The number of amides is 1. The molecule has 2 aromatic carbocycles. The SMILES string of the molecule is COc1cccc(CNC(=O)c2ncc(-c3cccc(C)c3)s2)c1. The van der Waals surface area contributed by atoms with E-state index in [1.807, 2.05) is 49.4 Å². The van der Waals surface area contributed by atoms with Crippen LogP contribution in [0.5, 0.6) is 5.75 Å². The van der Waals surface area contributed by atoms with E-state index < -0.39 is 0 Å². The third-order valence-corrected chi connectivity index (χ3v) is 4.63. The van der Waals surface area contributed by atoms with Crippen LogP contribution in [0.3, 0.4) is 0 Å². The van der Waals surface area contributed by atoms with Gasteiger partial charge < -0.3 is 10.1 Å². The van der Waals surface area contributed by atoms with Gasteiger partial charge >= 0.3 is 0 Å². The lowest BCUT2D eigenvalue weighted by atomic mass is 10.1. The largest absolute Gasteiger partial charge is 0.497 e. The summed E-state index contributed by atoms with van der Waals surface area (Å²) in [6.07, 6.45) is 1.75. The number of nitrogens with zero attached hydrogens (tertiary/aromatic N) is 1. The Morgan fingerprint density at radius 1 is 1.21 bits per heavy atom. The number of hydrogen-bond acceptors (Lipinski definition) is 4. The number of rotatable bonds is 5. The maximum Gasteiger partial charge on any atom is 0.280 e. The van der Waals surface area contributed by atoms with Crippen molar-refractivity contribution in [3.63, 3.8) is 0 Å². The minimum Gasteiger partial charge on any atom is -0.497 e. The average Bonchev–Trinajstić information content (AvgIpc) is 3.10. The van der Waals surface area contributed by atoms with Crippen LogP contribution in [0.1, 0.15) is 20.9 Å². The number of nitrogens with one attached hydrogen (secondary N) is 1. The Morgan fingerprint density at radius 3 is 2.83 bits per heavy atom. The Labute approximate surface area is 145 Å². The maximum absolute atomic E-state index is 12.3. The van der Waals surface area contributed by atoms with Gasteiger partial charge in [-0.15, -0.1) is 11.3 Å². The van der Waals surface area contributed by atoms with Crippen LogP contribution < -0.4 is 10.1 Å². The van der Waals surface area contributed by atoms with Gasteiger partial charge in [0, 0.05) is 12.7 Å². The number of carbonyl (C=O) groups is 1. The number of carbonyl (C=O) groups excluding carboxylic acids is 1. The van der Waals surface area contributed by atoms with Gasteiger partial charge in [0.1, 0.15) is 5.75 Å². The molecule has 0 saturated heterocycles. The number of aromatic nitrogens is 1. The van der Waals surface area contributed by atoms with Crippen molar-refractivity contribution in [1.82, 2.24) is 10.3 Å². The van der Waals surface area contributed by atoms with Crippen molar-refractivity contribution in [3.8, 4) is 16.2 Å². The molecular formula is C19H18N2O2S. The first-order valence-corrected chi connectivity index (χ1v) is 8.41. The molecule has 3 aromatic rings. The molecule has 0 aliphatic rings. The summed E-state index contributed by atoms with van der Waals surface area (Å²) in [4.78, 5) is 17.5. The second-order valence-electron chi connectivity index (χ2n) is 5.43. The molecule has 1 amide bonds. The van der Waals surface area contributed by atoms with Gasteiger partial charge in [0.25, 0.3) is 5.91 Å². The van der Waals surface area contributed by atoms with Gasteiger partial charge in [0.2, 0.25) is 0 Å². The first-order chi connectivity index (χ1) is 11.7. The lowest BCUT2D eigenvalue weighted by molar-refractivity contribution is 0.0950. The van der Waals surface area contributed by atoms with Crippen LogP contribution >= 0.6 is 11.3 Å². The van der Waals surface area contributed by atoms with Crippen LogP contribution in [0, 0.1) is 6.92 Å². The standard InChI is InChI=1S/C19H18N2O2S/c1-13-5-3-7-15(9-13)17-12-21-19(24-17)18(22)20-11-14-6-4-8-16(10-14)23-2/h3-10,12H,11H2,1-2H3,(H,20,22). The Kier molecular flexibility index (Phi) is 4.91. The lowest BCUT2D eigenvalue weighted by Crippen LogP contribution is -2.22. The van der Waals surface area contributed by atoms with E-state index in [4.69, 9.17) is 4.74 Å². The Balaban J connectivity index is 1.67. The molecule has 0 spiro atoms. The van der Waals surface area contributed by atoms with E-state index in [1.165, 1.54) is 16.9 Å². The molecule has 0 bridgehead atoms. The molecule has 24 heavy (non-hydrogen) atoms. The average molecular weight is 338 g/mol. The zero-order valence-electron chi connectivity index (χ0n) is 13.6. The van der Waals surface area contributed by atoms with Crippen molar-refractivity contribution in [3.05, 3.63) is 70.9 Å². The maximum atomic E-state index is 12.3. The van der Waals surface area contributed by atoms with Crippen molar-refractivity contribution in [2.24, 2.45) is 0 Å². The number of aryl methyl sites for hydroxylation is 1. The molecule has 0 aliphatic carbocycles. The zero-order valence-corrected chi connectivity index (χ0v) is 14.4. The summed E-state index contributed by atoms with van der Waals surface area (Å²) in [5.74, 6) is 0.611. The van der Waals surface area contributed by atoms with Gasteiger partial charge in [-0.3, -0.25) is 4.79 Å². The fourth-order valence-corrected chi connectivity index (χ4v) is 3.18. The van der Waals surface area contributed by atoms with Gasteiger partial charge in [-0.2, -0.15) is 0 Å². The van der Waals surface area contributed by atoms with Crippen LogP contribution in [0.25, 0.3) is 10.4 Å². The number of methoxy groups -OCH3 is 1. The molecule has 5 heteroatoms. The molecule has 0 saturated carbocycles. The van der Waals surface area contributed by atoms with Gasteiger partial charge in [-0.25, -0.2) is 4.98 Å². The van der Waals surface area contributed by atoms with Crippen molar-refractivity contribution in [1.29, 1.82) is 0 Å². The number of ether oxygens (including phenoxy) is 1. The van der Waals surface area contributed by atoms with E-state index in [0.29, 0.717) is 11.6 Å². The fraction of sp³-hybridized carbons (Fsp3) is 0.158. The summed E-state index contributed by atoms with van der Waals surface area (Å²) in [6.45, 7) is 2.49. The molecule has 1 N–H and O–H groups in total. The van der Waals surface area contributed by atoms with Crippen LogP contribution in [0.2, 0.25) is 0 Å². The fourth-order valence-electron chi connectivity index (χ4n) is 2.35. The summed E-state index contributed by atoms with van der Waals surface area (Å²) >= 11 is 1.40. The van der Waals surface area contributed by atoms with Gasteiger partial charge in [-0.1, -0.05) is 42.0 Å². The highest BCUT2D eigenvalue weighted by Gasteiger charge is 2.12. The van der Waals surface area contributed by atoms with Crippen LogP contribution in [-0.4, -0.2) is 18.0 Å².